The Kier molecular flexibility index (Phi) is 17.2. The second-order valence-corrected chi connectivity index (χ2v) is 29.9. The molecule has 5 heterocycles. The molecule has 468 valence electrons. The van der Waals surface area contributed by atoms with Crippen LogP contribution in [0.15, 0.2) is 228 Å². The Balaban J connectivity index is 0.000000114. The summed E-state index contributed by atoms with van der Waals surface area (Å²) in [5.41, 5.74) is 33.0. The summed E-state index contributed by atoms with van der Waals surface area (Å²) in [6.07, 6.45) is 3.95. The Morgan fingerprint density at radius 1 is 0.442 bits per heavy atom. The van der Waals surface area contributed by atoms with E-state index in [1.54, 1.807) is 6.08 Å². The molecule has 3 aliphatic carbocycles. The topological polar surface area (TPSA) is 146 Å². The number of nitrogen functional groups attached to an aromatic ring is 1. The number of halogens is 6. The van der Waals surface area contributed by atoms with Crippen molar-refractivity contribution < 1.29 is 4.79 Å². The van der Waals surface area contributed by atoms with E-state index in [9.17, 15) is 4.79 Å². The Morgan fingerprint density at radius 3 is 1.48 bits per heavy atom. The SMILES string of the molecule is C=CCC(=O)c1ccc2c(c1)C(C)(C)c1ccccc1-2.CC1(C)c2ccccc2-c2ccc(-c3ccc4ccc5c(Br)nc(Br)nc5c4n3)cc21.CC1(C)c2ccccc2-c2ccc(C3=Nc4c(ccc5c(Br)nc(Br)nc45)CC3)cc21.Nc1cccc2c(Br)nc(Br)nc12. The second kappa shape index (κ2) is 25.3. The molecule has 17 rings (SSSR count). The van der Waals surface area contributed by atoms with Crippen molar-refractivity contribution in [2.24, 2.45) is 4.99 Å². The minimum absolute atomic E-state index is 0.00921. The number of benzene rings is 9. The molecule has 13 aromatic rings. The van der Waals surface area contributed by atoms with Crippen LogP contribution < -0.4 is 5.73 Å². The monoisotopic (exact) mass is 1620 g/mol. The summed E-state index contributed by atoms with van der Waals surface area (Å²) >= 11 is 20.5. The quantitative estimate of drug-likeness (QED) is 0.0444. The van der Waals surface area contributed by atoms with E-state index in [0.717, 1.165) is 98.5 Å². The molecule has 0 saturated carbocycles. The fourth-order valence-electron chi connectivity index (χ4n) is 14.0. The lowest BCUT2D eigenvalue weighted by molar-refractivity contribution is 0.0995. The van der Waals surface area contributed by atoms with Gasteiger partial charge in [0.25, 0.3) is 0 Å². The molecule has 0 unspecified atom stereocenters. The average molecular weight is 1630 g/mol. The van der Waals surface area contributed by atoms with Crippen LogP contribution in [0.25, 0.3) is 88.2 Å². The van der Waals surface area contributed by atoms with Crippen molar-refractivity contribution in [3.8, 4) is 44.6 Å². The molecule has 0 bridgehead atoms. The zero-order chi connectivity index (χ0) is 66.4. The van der Waals surface area contributed by atoms with Gasteiger partial charge in [-0.2, -0.15) is 0 Å². The van der Waals surface area contributed by atoms with E-state index >= 15 is 0 Å². The van der Waals surface area contributed by atoms with Crippen LogP contribution in [0.4, 0.5) is 11.4 Å². The van der Waals surface area contributed by atoms with Gasteiger partial charge in [0.2, 0.25) is 0 Å². The highest BCUT2D eigenvalue weighted by molar-refractivity contribution is 9.11. The number of hydrogen-bond acceptors (Lipinski definition) is 10. The Bertz CT molecular complexity index is 5430. The molecule has 0 atom stereocenters. The molecular formula is C79H59Br6N9O. The number of para-hydroxylation sites is 1. The maximum atomic E-state index is 12.1. The first-order valence-corrected chi connectivity index (χ1v) is 35.8. The lowest BCUT2D eigenvalue weighted by Gasteiger charge is -2.23. The Hall–Kier alpha value is -7.83. The van der Waals surface area contributed by atoms with Crippen molar-refractivity contribution in [3.05, 3.63) is 273 Å². The highest BCUT2D eigenvalue weighted by atomic mass is 79.9. The Morgan fingerprint density at radius 2 is 0.905 bits per heavy atom. The van der Waals surface area contributed by atoms with E-state index in [0.29, 0.717) is 26.3 Å². The summed E-state index contributed by atoms with van der Waals surface area (Å²) < 4.78 is 3.94. The third kappa shape index (κ3) is 11.6. The number of Topliss-reactive ketones (excluding diaryl/α,β-unsaturated/α-hetero) is 1. The lowest BCUT2D eigenvalue weighted by Crippen LogP contribution is -2.16. The number of aryl methyl sites for hydroxylation is 1. The summed E-state index contributed by atoms with van der Waals surface area (Å²) in [4.78, 5) is 48.5. The van der Waals surface area contributed by atoms with E-state index in [-0.39, 0.29) is 22.0 Å². The van der Waals surface area contributed by atoms with Gasteiger partial charge in [-0.15, -0.1) is 6.58 Å². The highest BCUT2D eigenvalue weighted by Crippen LogP contribution is 2.52. The van der Waals surface area contributed by atoms with E-state index in [1.807, 2.05) is 30.3 Å². The number of pyridine rings is 1. The predicted octanol–water partition coefficient (Wildman–Crippen LogP) is 22.7. The van der Waals surface area contributed by atoms with Gasteiger partial charge < -0.3 is 5.73 Å². The molecule has 0 amide bonds. The molecule has 2 N–H and O–H groups in total. The van der Waals surface area contributed by atoms with Gasteiger partial charge in [0.05, 0.1) is 28.1 Å². The van der Waals surface area contributed by atoms with Crippen molar-refractivity contribution in [3.63, 3.8) is 0 Å². The molecule has 4 aliphatic rings. The molecule has 0 radical (unpaired) electrons. The molecule has 9 aromatic carbocycles. The smallest absolute Gasteiger partial charge is 0.198 e. The molecular weight excluding hydrogens is 1570 g/mol. The summed E-state index contributed by atoms with van der Waals surface area (Å²) in [5, 5.41) is 3.91. The van der Waals surface area contributed by atoms with Gasteiger partial charge in [-0.1, -0.05) is 181 Å². The first-order valence-electron chi connectivity index (χ1n) is 31.0. The first-order chi connectivity index (χ1) is 45.6. The van der Waals surface area contributed by atoms with Gasteiger partial charge in [-0.3, -0.25) is 9.79 Å². The summed E-state index contributed by atoms with van der Waals surface area (Å²) in [5.74, 6) is 0.134. The fourth-order valence-corrected chi connectivity index (χ4v) is 17.2. The van der Waals surface area contributed by atoms with Crippen LogP contribution in [0.5, 0.6) is 0 Å². The normalized spacial score (nSPS) is 14.3. The van der Waals surface area contributed by atoms with E-state index < -0.39 is 0 Å². The maximum absolute atomic E-state index is 12.1. The molecule has 95 heavy (non-hydrogen) atoms. The molecule has 0 spiro atoms. The molecule has 10 nitrogen and oxygen atoms in total. The van der Waals surface area contributed by atoms with Gasteiger partial charge in [-0.25, -0.2) is 34.9 Å². The molecule has 0 fully saturated rings. The number of nitrogens with zero attached hydrogens (tertiary/aromatic N) is 8. The number of fused-ring (bicyclic) bond motifs is 16. The van der Waals surface area contributed by atoms with Gasteiger partial charge in [0, 0.05) is 61.0 Å². The van der Waals surface area contributed by atoms with Crippen molar-refractivity contribution in [2.75, 3.05) is 5.73 Å². The van der Waals surface area contributed by atoms with Crippen molar-refractivity contribution in [1.82, 2.24) is 34.9 Å². The van der Waals surface area contributed by atoms with Gasteiger partial charge in [-0.05, 0) is 235 Å². The molecule has 1 aliphatic heterocycles. The average Bonchev–Trinajstić information content (AvgIpc) is 1.67. The number of aromatic nitrogens is 7. The third-order valence-electron chi connectivity index (χ3n) is 18.9. The molecule has 0 saturated heterocycles. The van der Waals surface area contributed by atoms with Crippen molar-refractivity contribution in [2.45, 2.75) is 77.0 Å². The minimum Gasteiger partial charge on any atom is -0.397 e. The number of rotatable bonds is 5. The number of ketones is 1. The predicted molar refractivity (Wildman–Crippen MR) is 409 cm³/mol. The number of carbonyl (C=O) groups is 1. The number of nitrogens with two attached hydrogens (primary N) is 1. The van der Waals surface area contributed by atoms with Crippen LogP contribution in [0.3, 0.4) is 0 Å². The van der Waals surface area contributed by atoms with Gasteiger partial charge in [0.15, 0.2) is 20.0 Å². The zero-order valence-corrected chi connectivity index (χ0v) is 62.1. The van der Waals surface area contributed by atoms with Crippen LogP contribution in [0, 0.1) is 0 Å². The highest BCUT2D eigenvalue weighted by Gasteiger charge is 2.38. The summed E-state index contributed by atoms with van der Waals surface area (Å²) in [6.45, 7) is 17.3. The number of hydrogen-bond donors (Lipinski definition) is 1. The zero-order valence-electron chi connectivity index (χ0n) is 52.6. The van der Waals surface area contributed by atoms with Crippen LogP contribution in [-0.2, 0) is 22.7 Å². The van der Waals surface area contributed by atoms with E-state index in [1.165, 1.54) is 77.9 Å². The molecule has 16 heteroatoms. The van der Waals surface area contributed by atoms with E-state index in [4.69, 9.17) is 15.7 Å². The third-order valence-corrected chi connectivity index (χ3v) is 21.8. The summed E-state index contributed by atoms with van der Waals surface area (Å²) in [6, 6.07) is 63.8. The van der Waals surface area contributed by atoms with Crippen molar-refractivity contribution in [1.29, 1.82) is 0 Å². The van der Waals surface area contributed by atoms with Crippen LogP contribution >= 0.6 is 95.6 Å². The number of anilines is 1. The minimum atomic E-state index is -0.0452. The fraction of sp³-hybridized carbons (Fsp3) is 0.152. The van der Waals surface area contributed by atoms with Crippen molar-refractivity contribution >= 4 is 162 Å². The lowest BCUT2D eigenvalue weighted by atomic mass is 9.81. The Labute approximate surface area is 601 Å². The van der Waals surface area contributed by atoms with Crippen LogP contribution in [-0.4, -0.2) is 46.4 Å². The van der Waals surface area contributed by atoms with Gasteiger partial charge >= 0.3 is 0 Å². The van der Waals surface area contributed by atoms with Gasteiger partial charge in [0.1, 0.15) is 24.8 Å². The number of aliphatic imine (C=N–C) groups is 1. The first kappa shape index (κ1) is 64.5. The molecule has 4 aromatic heterocycles. The summed E-state index contributed by atoms with van der Waals surface area (Å²) in [7, 11) is 0. The van der Waals surface area contributed by atoms with Crippen LogP contribution in [0.2, 0.25) is 0 Å². The van der Waals surface area contributed by atoms with Crippen LogP contribution in [0.1, 0.15) is 109 Å². The standard InChI is InChI=1S/C26H19Br2N3.C26H17Br2N3.C19H18O.C8H5Br2N3/c2*1-26(2)19-6-4-3-5-16(19)17-10-8-15(13-20(17)26)21-12-9-14-7-11-18-23(22(14)29-21)30-25(28)31-24(18)27;1-4-7-18(20)13-10-11-15-14-8-5-6-9-16(14)19(2,3)17(15)12-13;9-7-4-2-1-3-5(11)6(4)12-8(10)13-7/h3-8,10-11,13H,9,12H2,1-2H3;3-13H,1-2H3;4-6,8-12H,1,7H2,2-3H3;1-3H,11H2. The maximum Gasteiger partial charge on any atom is 0.198 e. The van der Waals surface area contributed by atoms with E-state index in [2.05, 4.69) is 325 Å². The number of allylic oxidation sites excluding steroid dienone is 1. The number of carbonyl (C=O) groups excluding carboxylic acids is 1. The second-order valence-electron chi connectivity index (χ2n) is 25.6. The largest absolute Gasteiger partial charge is 0.397 e.